The molecule has 92 valence electrons. The molecule has 18 heavy (non-hydrogen) atoms. The second kappa shape index (κ2) is 4.61. The zero-order valence-electron chi connectivity index (χ0n) is 9.89. The highest BCUT2D eigenvalue weighted by Crippen LogP contribution is 2.35. The van der Waals surface area contributed by atoms with E-state index in [-0.39, 0.29) is 11.8 Å². The van der Waals surface area contributed by atoms with E-state index in [1.165, 1.54) is 22.7 Å². The molecule has 0 bridgehead atoms. The van der Waals surface area contributed by atoms with Gasteiger partial charge in [0.2, 0.25) is 0 Å². The summed E-state index contributed by atoms with van der Waals surface area (Å²) in [6.45, 7) is 0. The van der Waals surface area contributed by atoms with Crippen molar-refractivity contribution in [3.05, 3.63) is 46.4 Å². The summed E-state index contributed by atoms with van der Waals surface area (Å²) in [4.78, 5) is 25.4. The summed E-state index contributed by atoms with van der Waals surface area (Å²) in [6, 6.07) is 7.01. The van der Waals surface area contributed by atoms with E-state index in [1.54, 1.807) is 24.3 Å². The van der Waals surface area contributed by atoms with Crippen LogP contribution in [0.25, 0.3) is 0 Å². The van der Waals surface area contributed by atoms with Gasteiger partial charge < -0.3 is 0 Å². The van der Waals surface area contributed by atoms with Gasteiger partial charge in [-0.25, -0.2) is 4.31 Å². The molecule has 1 heterocycles. The quantitative estimate of drug-likeness (QED) is 0.603. The van der Waals surface area contributed by atoms with Crippen LogP contribution in [-0.4, -0.2) is 16.1 Å². The molecule has 1 aromatic rings. The van der Waals surface area contributed by atoms with Gasteiger partial charge in [0, 0.05) is 4.91 Å². The number of carbonyl (C=O) groups excluding carboxylic acids is 2. The van der Waals surface area contributed by atoms with Gasteiger partial charge in [-0.2, -0.15) is 0 Å². The van der Waals surface area contributed by atoms with Crippen molar-refractivity contribution in [2.24, 2.45) is 0 Å². The average Bonchev–Trinajstić information content (AvgIpc) is 2.66. The number of hydrogen-bond donors (Lipinski definition) is 0. The van der Waals surface area contributed by atoms with Gasteiger partial charge >= 0.3 is 0 Å². The van der Waals surface area contributed by atoms with Crippen molar-refractivity contribution >= 4 is 23.8 Å². The van der Waals surface area contributed by atoms with Gasteiger partial charge in [-0.15, -0.1) is 0 Å². The van der Waals surface area contributed by atoms with Gasteiger partial charge in [0.05, 0.1) is 11.1 Å². The van der Waals surface area contributed by atoms with E-state index in [4.69, 9.17) is 0 Å². The van der Waals surface area contributed by atoms with Gasteiger partial charge in [-0.1, -0.05) is 18.2 Å². The van der Waals surface area contributed by atoms with Gasteiger partial charge in [0.1, 0.15) is 0 Å². The molecule has 0 saturated heterocycles. The number of nitrogens with zero attached hydrogens (tertiary/aromatic N) is 1. The maximum atomic E-state index is 12.1. The molecule has 0 spiro atoms. The fraction of sp³-hybridized carbons (Fsp3) is 0.286. The van der Waals surface area contributed by atoms with Crippen LogP contribution in [0.2, 0.25) is 0 Å². The number of allylic oxidation sites excluding steroid dienone is 2. The minimum atomic E-state index is -0.188. The second-order valence-electron chi connectivity index (χ2n) is 4.46. The Balaban J connectivity index is 1.86. The third-order valence-electron chi connectivity index (χ3n) is 3.21. The fourth-order valence-corrected chi connectivity index (χ4v) is 3.28. The SMILES string of the molecule is O=C1c2ccccc2C(=O)N1SC1=CCCCC1. The van der Waals surface area contributed by atoms with Crippen molar-refractivity contribution in [2.75, 3.05) is 0 Å². The molecule has 0 fully saturated rings. The Bertz CT molecular complexity index is 515. The van der Waals surface area contributed by atoms with Crippen LogP contribution in [0, 0.1) is 0 Å². The van der Waals surface area contributed by atoms with Crippen molar-refractivity contribution < 1.29 is 9.59 Å². The number of amides is 2. The van der Waals surface area contributed by atoms with E-state index in [0.717, 1.165) is 24.2 Å². The first-order chi connectivity index (χ1) is 8.77. The van der Waals surface area contributed by atoms with Crippen molar-refractivity contribution in [3.63, 3.8) is 0 Å². The number of rotatable bonds is 2. The Kier molecular flexibility index (Phi) is 2.96. The minimum absolute atomic E-state index is 0.188. The van der Waals surface area contributed by atoms with Crippen LogP contribution in [0.15, 0.2) is 35.2 Å². The lowest BCUT2D eigenvalue weighted by Gasteiger charge is -2.17. The lowest BCUT2D eigenvalue weighted by Crippen LogP contribution is -2.22. The maximum Gasteiger partial charge on any atom is 0.272 e. The standard InChI is InChI=1S/C14H13NO2S/c16-13-11-8-4-5-9-12(11)14(17)15(13)18-10-6-2-1-3-7-10/h4-6,8-9H,1-3,7H2. The zero-order valence-corrected chi connectivity index (χ0v) is 10.7. The number of imide groups is 1. The summed E-state index contributed by atoms with van der Waals surface area (Å²) in [5.41, 5.74) is 1.04. The molecule has 3 rings (SSSR count). The minimum Gasteiger partial charge on any atom is -0.268 e. The van der Waals surface area contributed by atoms with Crippen LogP contribution >= 0.6 is 11.9 Å². The topological polar surface area (TPSA) is 37.4 Å². The second-order valence-corrected chi connectivity index (χ2v) is 5.53. The monoisotopic (exact) mass is 259 g/mol. The Morgan fingerprint density at radius 1 is 1.00 bits per heavy atom. The maximum absolute atomic E-state index is 12.1. The van der Waals surface area contributed by atoms with Crippen molar-refractivity contribution in [2.45, 2.75) is 25.7 Å². The van der Waals surface area contributed by atoms with Gasteiger partial charge in [0.15, 0.2) is 0 Å². The summed E-state index contributed by atoms with van der Waals surface area (Å²) in [5.74, 6) is -0.376. The molecule has 1 aromatic carbocycles. The van der Waals surface area contributed by atoms with Gasteiger partial charge in [-0.05, 0) is 49.8 Å². The predicted molar refractivity (Wildman–Crippen MR) is 71.1 cm³/mol. The summed E-state index contributed by atoms with van der Waals surface area (Å²) in [7, 11) is 0. The number of fused-ring (bicyclic) bond motifs is 1. The molecule has 0 atom stereocenters. The first-order valence-electron chi connectivity index (χ1n) is 6.12. The molecule has 0 aromatic heterocycles. The van der Waals surface area contributed by atoms with Crippen LogP contribution in [0.3, 0.4) is 0 Å². The van der Waals surface area contributed by atoms with E-state index in [1.807, 2.05) is 0 Å². The van der Waals surface area contributed by atoms with E-state index in [2.05, 4.69) is 6.08 Å². The molecule has 0 saturated carbocycles. The van der Waals surface area contributed by atoms with Crippen LogP contribution in [-0.2, 0) is 0 Å². The zero-order chi connectivity index (χ0) is 12.5. The summed E-state index contributed by atoms with van der Waals surface area (Å²) in [6.07, 6.45) is 6.50. The Morgan fingerprint density at radius 2 is 1.67 bits per heavy atom. The highest BCUT2D eigenvalue weighted by atomic mass is 32.2. The molecule has 0 radical (unpaired) electrons. The van der Waals surface area contributed by atoms with E-state index in [0.29, 0.717) is 11.1 Å². The molecule has 4 heteroatoms. The van der Waals surface area contributed by atoms with Gasteiger partial charge in [0.25, 0.3) is 11.8 Å². The fourth-order valence-electron chi connectivity index (χ4n) is 2.26. The number of hydrogen-bond acceptors (Lipinski definition) is 3. The highest BCUT2D eigenvalue weighted by molar-refractivity contribution is 8.01. The first kappa shape index (κ1) is 11.5. The third kappa shape index (κ3) is 1.86. The normalized spacial score (nSPS) is 18.9. The molecule has 3 nitrogen and oxygen atoms in total. The summed E-state index contributed by atoms with van der Waals surface area (Å²) >= 11 is 1.30. The Morgan fingerprint density at radius 3 is 2.22 bits per heavy atom. The highest BCUT2D eigenvalue weighted by Gasteiger charge is 2.36. The predicted octanol–water partition coefficient (Wildman–Crippen LogP) is 3.39. The van der Waals surface area contributed by atoms with E-state index in [9.17, 15) is 9.59 Å². The molecule has 1 aliphatic heterocycles. The molecule has 2 amide bonds. The van der Waals surface area contributed by atoms with Gasteiger partial charge in [-0.3, -0.25) is 9.59 Å². The van der Waals surface area contributed by atoms with Crippen LogP contribution in [0.1, 0.15) is 46.4 Å². The smallest absolute Gasteiger partial charge is 0.268 e. The largest absolute Gasteiger partial charge is 0.272 e. The van der Waals surface area contributed by atoms with Crippen LogP contribution in [0.4, 0.5) is 0 Å². The molecule has 2 aliphatic rings. The molecular formula is C14H13NO2S. The first-order valence-corrected chi connectivity index (χ1v) is 6.89. The number of carbonyl (C=O) groups is 2. The lowest BCUT2D eigenvalue weighted by molar-refractivity contribution is 0.0777. The Labute approximate surface area is 110 Å². The van der Waals surface area contributed by atoms with E-state index < -0.39 is 0 Å². The van der Waals surface area contributed by atoms with E-state index >= 15 is 0 Å². The molecular weight excluding hydrogens is 246 g/mol. The average molecular weight is 259 g/mol. The molecule has 0 N–H and O–H groups in total. The molecule has 1 aliphatic carbocycles. The lowest BCUT2D eigenvalue weighted by atomic mass is 10.1. The summed E-state index contributed by atoms with van der Waals surface area (Å²) in [5, 5.41) is 0. The van der Waals surface area contributed by atoms with Crippen molar-refractivity contribution in [1.29, 1.82) is 0 Å². The van der Waals surface area contributed by atoms with Crippen molar-refractivity contribution in [1.82, 2.24) is 4.31 Å². The third-order valence-corrected chi connectivity index (χ3v) is 4.33. The summed E-state index contributed by atoms with van der Waals surface area (Å²) < 4.78 is 1.29. The molecule has 0 unspecified atom stereocenters. The Hall–Kier alpha value is -1.55. The van der Waals surface area contributed by atoms with Crippen LogP contribution < -0.4 is 0 Å². The number of benzene rings is 1. The van der Waals surface area contributed by atoms with Crippen molar-refractivity contribution in [3.8, 4) is 0 Å². The van der Waals surface area contributed by atoms with Crippen LogP contribution in [0.5, 0.6) is 0 Å².